The van der Waals surface area contributed by atoms with Gasteiger partial charge in [0, 0.05) is 31.5 Å². The molecule has 1 saturated carbocycles. The van der Waals surface area contributed by atoms with Crippen LogP contribution in [-0.4, -0.2) is 43.9 Å². The first-order valence-corrected chi connectivity index (χ1v) is 10.0. The van der Waals surface area contributed by atoms with Gasteiger partial charge in [-0.2, -0.15) is 9.61 Å². The largest absolute Gasteiger partial charge is 0.394 e. The van der Waals surface area contributed by atoms with Gasteiger partial charge in [0.2, 0.25) is 0 Å². The number of aromatic nitrogens is 4. The molecule has 0 aromatic carbocycles. The average molecular weight is 429 g/mol. The third-order valence-electron chi connectivity index (χ3n) is 5.98. The molecule has 5 rings (SSSR count). The van der Waals surface area contributed by atoms with Gasteiger partial charge in [-0.1, -0.05) is 13.0 Å². The minimum absolute atomic E-state index is 0.146. The molecule has 3 aromatic rings. The number of aliphatic hydroxyl groups is 1. The van der Waals surface area contributed by atoms with Gasteiger partial charge in [0.25, 0.3) is 0 Å². The first kappa shape index (κ1) is 16.9. The topological polar surface area (TPSA) is 78.6 Å². The average Bonchev–Trinajstić information content (AvgIpc) is 3.04. The van der Waals surface area contributed by atoms with Crippen molar-refractivity contribution in [3.63, 3.8) is 0 Å². The molecule has 0 amide bonds. The van der Waals surface area contributed by atoms with Gasteiger partial charge in [0.05, 0.1) is 23.3 Å². The maximum absolute atomic E-state index is 9.94. The number of hydrogen-bond acceptors (Lipinski definition) is 6. The Hall–Kier alpha value is -2.19. The summed E-state index contributed by atoms with van der Waals surface area (Å²) in [5.41, 5.74) is 1.87. The van der Waals surface area contributed by atoms with Gasteiger partial charge in [0.15, 0.2) is 5.65 Å². The molecular formula is C19H21BrN6O. The first-order valence-electron chi connectivity index (χ1n) is 9.22. The van der Waals surface area contributed by atoms with Crippen molar-refractivity contribution in [3.8, 4) is 0 Å². The SMILES string of the molecule is CC1[C@H]2[C@@H]1CN(c1cc(NCc3cccnc3)n3ncc(Br)c3n1)[C@@H]2CO. The van der Waals surface area contributed by atoms with E-state index >= 15 is 0 Å². The highest BCUT2D eigenvalue weighted by atomic mass is 79.9. The summed E-state index contributed by atoms with van der Waals surface area (Å²) in [6, 6.07) is 6.14. The molecule has 4 heterocycles. The Labute approximate surface area is 165 Å². The van der Waals surface area contributed by atoms with Crippen molar-refractivity contribution in [2.45, 2.75) is 19.5 Å². The molecule has 140 valence electrons. The van der Waals surface area contributed by atoms with E-state index < -0.39 is 0 Å². The number of halogens is 1. The maximum Gasteiger partial charge on any atom is 0.173 e. The van der Waals surface area contributed by atoms with E-state index in [1.807, 2.05) is 24.4 Å². The van der Waals surface area contributed by atoms with Crippen LogP contribution in [0.4, 0.5) is 11.6 Å². The molecule has 1 aliphatic heterocycles. The molecule has 3 aromatic heterocycles. The lowest BCUT2D eigenvalue weighted by Gasteiger charge is -2.28. The second-order valence-electron chi connectivity index (χ2n) is 7.44. The van der Waals surface area contributed by atoms with Crippen LogP contribution in [0.3, 0.4) is 0 Å². The lowest BCUT2D eigenvalue weighted by Crippen LogP contribution is -2.37. The molecule has 7 nitrogen and oxygen atoms in total. The number of fused-ring (bicyclic) bond motifs is 2. The van der Waals surface area contributed by atoms with Crippen molar-refractivity contribution in [3.05, 3.63) is 46.8 Å². The lowest BCUT2D eigenvalue weighted by molar-refractivity contribution is 0.251. The highest BCUT2D eigenvalue weighted by molar-refractivity contribution is 9.10. The van der Waals surface area contributed by atoms with Crippen LogP contribution in [0, 0.1) is 17.8 Å². The van der Waals surface area contributed by atoms with E-state index in [1.165, 1.54) is 0 Å². The van der Waals surface area contributed by atoms with Crippen LogP contribution >= 0.6 is 15.9 Å². The number of rotatable bonds is 5. The zero-order valence-corrected chi connectivity index (χ0v) is 16.5. The fourth-order valence-corrected chi connectivity index (χ4v) is 4.80. The minimum atomic E-state index is 0.146. The lowest BCUT2D eigenvalue weighted by atomic mass is 10.1. The molecule has 4 atom stereocenters. The van der Waals surface area contributed by atoms with E-state index in [-0.39, 0.29) is 12.6 Å². The van der Waals surface area contributed by atoms with Gasteiger partial charge in [-0.05, 0) is 45.3 Å². The molecule has 0 bridgehead atoms. The summed E-state index contributed by atoms with van der Waals surface area (Å²) in [7, 11) is 0. The zero-order valence-electron chi connectivity index (χ0n) is 15.0. The molecule has 27 heavy (non-hydrogen) atoms. The van der Waals surface area contributed by atoms with Gasteiger partial charge in [-0.15, -0.1) is 0 Å². The maximum atomic E-state index is 9.94. The monoisotopic (exact) mass is 428 g/mol. The Balaban J connectivity index is 1.49. The van der Waals surface area contributed by atoms with Crippen molar-refractivity contribution >= 4 is 33.2 Å². The minimum Gasteiger partial charge on any atom is -0.394 e. The smallest absolute Gasteiger partial charge is 0.173 e. The normalized spacial score (nSPS) is 26.4. The van der Waals surface area contributed by atoms with Crippen LogP contribution in [0.2, 0.25) is 0 Å². The molecular weight excluding hydrogens is 408 g/mol. The van der Waals surface area contributed by atoms with Gasteiger partial charge < -0.3 is 15.3 Å². The molecule has 1 aliphatic carbocycles. The van der Waals surface area contributed by atoms with Gasteiger partial charge in [0.1, 0.15) is 11.6 Å². The van der Waals surface area contributed by atoms with Crippen molar-refractivity contribution < 1.29 is 5.11 Å². The summed E-state index contributed by atoms with van der Waals surface area (Å²) in [6.07, 6.45) is 5.38. The number of piperidine rings is 1. The van der Waals surface area contributed by atoms with Crippen LogP contribution < -0.4 is 10.2 Å². The molecule has 2 fully saturated rings. The third-order valence-corrected chi connectivity index (χ3v) is 6.54. The third kappa shape index (κ3) is 2.78. The summed E-state index contributed by atoms with van der Waals surface area (Å²) in [5, 5.41) is 17.8. The van der Waals surface area contributed by atoms with Crippen molar-refractivity contribution in [2.24, 2.45) is 17.8 Å². The Kier molecular flexibility index (Phi) is 4.05. The quantitative estimate of drug-likeness (QED) is 0.649. The second kappa shape index (κ2) is 6.45. The Morgan fingerprint density at radius 2 is 2.26 bits per heavy atom. The van der Waals surface area contributed by atoms with E-state index in [1.54, 1.807) is 16.9 Å². The summed E-state index contributed by atoms with van der Waals surface area (Å²) < 4.78 is 2.66. The molecule has 1 unspecified atom stereocenters. The predicted molar refractivity (Wildman–Crippen MR) is 107 cm³/mol. The standard InChI is InChI=1S/C19H21BrN6O/c1-11-13-9-25(15(10-27)18(11)13)17-5-16(22-7-12-3-2-4-21-6-12)26-19(24-17)14(20)8-23-26/h2-6,8,11,13,15,18,22,27H,7,9-10H2,1H3/t11?,13-,15-,18+/m1/s1. The summed E-state index contributed by atoms with van der Waals surface area (Å²) in [4.78, 5) is 11.2. The molecule has 0 spiro atoms. The van der Waals surface area contributed by atoms with E-state index in [9.17, 15) is 5.11 Å². The predicted octanol–water partition coefficient (Wildman–Crippen LogP) is 2.56. The number of nitrogens with one attached hydrogen (secondary N) is 1. The molecule has 2 aliphatic rings. The number of aliphatic hydroxyl groups excluding tert-OH is 1. The van der Waals surface area contributed by atoms with Gasteiger partial charge >= 0.3 is 0 Å². The van der Waals surface area contributed by atoms with Crippen LogP contribution in [-0.2, 0) is 6.54 Å². The molecule has 1 saturated heterocycles. The van der Waals surface area contributed by atoms with Crippen molar-refractivity contribution in [1.82, 2.24) is 19.6 Å². The van der Waals surface area contributed by atoms with Gasteiger partial charge in [-0.3, -0.25) is 4.98 Å². The number of nitrogens with zero attached hydrogens (tertiary/aromatic N) is 5. The number of pyridine rings is 1. The number of anilines is 2. The Morgan fingerprint density at radius 1 is 1.37 bits per heavy atom. The summed E-state index contributed by atoms with van der Waals surface area (Å²) in [6.45, 7) is 4.04. The first-order chi connectivity index (χ1) is 13.2. The highest BCUT2D eigenvalue weighted by Gasteiger charge is 2.58. The highest BCUT2D eigenvalue weighted by Crippen LogP contribution is 2.55. The van der Waals surface area contributed by atoms with E-state index in [2.05, 4.69) is 43.2 Å². The molecule has 0 radical (unpaired) electrons. The van der Waals surface area contributed by atoms with Gasteiger partial charge in [-0.25, -0.2) is 4.98 Å². The molecule has 2 N–H and O–H groups in total. The summed E-state index contributed by atoms with van der Waals surface area (Å²) >= 11 is 3.55. The fourth-order valence-electron chi connectivity index (χ4n) is 4.45. The van der Waals surface area contributed by atoms with Crippen molar-refractivity contribution in [1.29, 1.82) is 0 Å². The zero-order chi connectivity index (χ0) is 18.5. The van der Waals surface area contributed by atoms with E-state index in [0.29, 0.717) is 24.3 Å². The number of hydrogen-bond donors (Lipinski definition) is 2. The van der Waals surface area contributed by atoms with Crippen LogP contribution in [0.1, 0.15) is 12.5 Å². The van der Waals surface area contributed by atoms with Crippen LogP contribution in [0.5, 0.6) is 0 Å². The van der Waals surface area contributed by atoms with E-state index in [4.69, 9.17) is 4.98 Å². The van der Waals surface area contributed by atoms with Crippen LogP contribution in [0.15, 0.2) is 41.3 Å². The van der Waals surface area contributed by atoms with E-state index in [0.717, 1.165) is 33.9 Å². The Morgan fingerprint density at radius 3 is 3.04 bits per heavy atom. The fraction of sp³-hybridized carbons (Fsp3) is 0.421. The van der Waals surface area contributed by atoms with Crippen molar-refractivity contribution in [2.75, 3.05) is 23.4 Å². The summed E-state index contributed by atoms with van der Waals surface area (Å²) in [5.74, 6) is 3.70. The Bertz CT molecular complexity index is 977. The second-order valence-corrected chi connectivity index (χ2v) is 8.30. The molecule has 8 heteroatoms. The van der Waals surface area contributed by atoms with Crippen LogP contribution in [0.25, 0.3) is 5.65 Å².